The number of nitrogens with one attached hydrogen (secondary N) is 3. The summed E-state index contributed by atoms with van der Waals surface area (Å²) in [4.78, 5) is 26.1. The average Bonchev–Trinajstić information content (AvgIpc) is 3.16. The topological polar surface area (TPSA) is 161 Å². The van der Waals surface area contributed by atoms with Crippen molar-refractivity contribution in [3.63, 3.8) is 0 Å². The molecule has 3 aromatic rings. The van der Waals surface area contributed by atoms with Gasteiger partial charge in [0.15, 0.2) is 0 Å². The highest BCUT2D eigenvalue weighted by Gasteiger charge is 2.28. The van der Waals surface area contributed by atoms with Gasteiger partial charge in [-0.1, -0.05) is 13.8 Å². The Bertz CT molecular complexity index is 1650. The second-order valence-electron chi connectivity index (χ2n) is 8.11. The molecule has 14 heteroatoms. The Morgan fingerprint density at radius 2 is 1.88 bits per heavy atom. The fraction of sp³-hybridized carbons (Fsp3) is 0.316. The smallest absolute Gasteiger partial charge is 0.289 e. The number of hydrogen-bond donors (Lipinski definition) is 3. The fourth-order valence-corrected chi connectivity index (χ4v) is 5.28. The van der Waals surface area contributed by atoms with Crippen molar-refractivity contribution in [2.24, 2.45) is 5.92 Å². The molecule has 0 radical (unpaired) electrons. The van der Waals surface area contributed by atoms with Crippen LogP contribution in [0.2, 0.25) is 0 Å². The summed E-state index contributed by atoms with van der Waals surface area (Å²) < 4.78 is 55.7. The zero-order valence-corrected chi connectivity index (χ0v) is 19.6. The molecule has 3 heterocycles. The molecule has 0 spiro atoms. The average molecular weight is 495 g/mol. The van der Waals surface area contributed by atoms with Crippen molar-refractivity contribution in [2.75, 3.05) is 16.3 Å². The first-order valence-electron chi connectivity index (χ1n) is 9.94. The van der Waals surface area contributed by atoms with Crippen LogP contribution in [0.25, 0.3) is 11.5 Å². The molecule has 2 aromatic heterocycles. The molecule has 0 aliphatic carbocycles. The van der Waals surface area contributed by atoms with Gasteiger partial charge in [0.05, 0.1) is 18.1 Å². The lowest BCUT2D eigenvalue weighted by Crippen LogP contribution is -2.53. The molecular weight excluding hydrogens is 472 g/mol. The Kier molecular flexibility index (Phi) is 5.44. The molecule has 0 saturated heterocycles. The molecule has 0 bridgehead atoms. The number of fused-ring (bicyclic) bond motifs is 2. The lowest BCUT2D eigenvalue weighted by molar-refractivity contribution is 0.509. The number of anilines is 2. The standard InChI is InChI=1S/C19H22N6O6S2/c1-11(2)7-9-24-15-6-8-20-25(15)19(27)16(18(24)26)17-21-13-5-4-12(22-32(3,28)29)10-14(13)33(30,31)23-17/h4-6,8,10-11,21-23H,7,9H2,1-3H3/b17-16-. The van der Waals surface area contributed by atoms with E-state index in [1.165, 1.54) is 22.9 Å². The van der Waals surface area contributed by atoms with Crippen LogP contribution in [0.3, 0.4) is 0 Å². The number of aromatic nitrogens is 3. The van der Waals surface area contributed by atoms with Gasteiger partial charge in [0.1, 0.15) is 21.6 Å². The minimum Gasteiger partial charge on any atom is -0.339 e. The Balaban J connectivity index is 1.94. The Hall–Kier alpha value is -3.39. The Morgan fingerprint density at radius 3 is 2.55 bits per heavy atom. The molecule has 0 atom stereocenters. The summed E-state index contributed by atoms with van der Waals surface area (Å²) in [5, 5.41) is 6.37. The fourth-order valence-electron chi connectivity index (χ4n) is 3.50. The first kappa shape index (κ1) is 22.8. The molecule has 176 valence electrons. The van der Waals surface area contributed by atoms with Gasteiger partial charge in [-0.15, -0.1) is 0 Å². The molecule has 1 aromatic carbocycles. The summed E-state index contributed by atoms with van der Waals surface area (Å²) in [6.45, 7) is 4.31. The van der Waals surface area contributed by atoms with Crippen LogP contribution in [-0.4, -0.2) is 37.3 Å². The van der Waals surface area contributed by atoms with Gasteiger partial charge in [-0.2, -0.15) is 9.61 Å². The van der Waals surface area contributed by atoms with Crippen molar-refractivity contribution in [2.45, 2.75) is 31.7 Å². The quantitative estimate of drug-likeness (QED) is 0.426. The Labute approximate surface area is 189 Å². The summed E-state index contributed by atoms with van der Waals surface area (Å²) in [5.41, 5.74) is -0.991. The summed E-state index contributed by atoms with van der Waals surface area (Å²) in [7, 11) is -7.85. The lowest BCUT2D eigenvalue weighted by atomic mass is 10.1. The van der Waals surface area contributed by atoms with Gasteiger partial charge < -0.3 is 5.32 Å². The molecule has 33 heavy (non-hydrogen) atoms. The van der Waals surface area contributed by atoms with Gasteiger partial charge in [0, 0.05) is 18.3 Å². The largest absolute Gasteiger partial charge is 0.339 e. The molecular formula is C19H22N6O6S2. The van der Waals surface area contributed by atoms with Gasteiger partial charge >= 0.3 is 0 Å². The van der Waals surface area contributed by atoms with Crippen molar-refractivity contribution >= 4 is 42.9 Å². The molecule has 0 fully saturated rings. The normalized spacial score (nSPS) is 16.8. The monoisotopic (exact) mass is 494 g/mol. The molecule has 3 N–H and O–H groups in total. The minimum absolute atomic E-state index is 0.0467. The summed E-state index contributed by atoms with van der Waals surface area (Å²) in [6, 6.07) is 5.39. The zero-order valence-electron chi connectivity index (χ0n) is 18.0. The maximum atomic E-state index is 13.3. The third kappa shape index (κ3) is 4.30. The number of rotatable bonds is 5. The predicted molar refractivity (Wildman–Crippen MR) is 123 cm³/mol. The molecule has 0 unspecified atom stereocenters. The third-order valence-electron chi connectivity index (χ3n) is 5.02. The van der Waals surface area contributed by atoms with Gasteiger partial charge in [0.2, 0.25) is 10.0 Å². The second kappa shape index (κ2) is 7.88. The molecule has 0 saturated carbocycles. The molecule has 0 amide bonds. The summed E-state index contributed by atoms with van der Waals surface area (Å²) >= 11 is 0. The maximum absolute atomic E-state index is 13.3. The van der Waals surface area contributed by atoms with E-state index in [-0.39, 0.29) is 28.0 Å². The SMILES string of the molecule is CC(C)CCn1c(=O)/c(=C2\Nc3ccc(NS(C)(=O)=O)cc3S(=O)(=O)N2)c(=O)n2nccc12. The van der Waals surface area contributed by atoms with Crippen LogP contribution in [0.4, 0.5) is 11.4 Å². The van der Waals surface area contributed by atoms with Crippen LogP contribution < -0.4 is 31.1 Å². The van der Waals surface area contributed by atoms with Crippen molar-refractivity contribution in [3.05, 3.63) is 56.4 Å². The van der Waals surface area contributed by atoms with Gasteiger partial charge in [-0.3, -0.25) is 23.6 Å². The molecule has 12 nitrogen and oxygen atoms in total. The minimum atomic E-state index is -4.23. The first-order valence-corrected chi connectivity index (χ1v) is 13.3. The van der Waals surface area contributed by atoms with E-state index in [0.29, 0.717) is 18.6 Å². The molecule has 1 aliphatic heterocycles. The summed E-state index contributed by atoms with van der Waals surface area (Å²) in [6.07, 6.45) is 2.99. The van der Waals surface area contributed by atoms with E-state index < -0.39 is 36.4 Å². The number of benzene rings is 1. The van der Waals surface area contributed by atoms with Crippen LogP contribution >= 0.6 is 0 Å². The van der Waals surface area contributed by atoms with Crippen LogP contribution in [0, 0.1) is 5.92 Å². The first-order chi connectivity index (χ1) is 15.4. The van der Waals surface area contributed by atoms with Crippen LogP contribution in [-0.2, 0) is 26.6 Å². The van der Waals surface area contributed by atoms with E-state index in [0.717, 1.165) is 16.8 Å². The predicted octanol–water partition coefficient (Wildman–Crippen LogP) is -0.538. The van der Waals surface area contributed by atoms with Gasteiger partial charge in [-0.05, 0) is 30.5 Å². The van der Waals surface area contributed by atoms with E-state index in [1.54, 1.807) is 6.07 Å². The van der Waals surface area contributed by atoms with E-state index in [9.17, 15) is 26.4 Å². The number of aryl methyl sites for hydroxylation is 1. The van der Waals surface area contributed by atoms with Crippen molar-refractivity contribution < 1.29 is 16.8 Å². The highest BCUT2D eigenvalue weighted by atomic mass is 32.2. The molecule has 4 rings (SSSR count). The van der Waals surface area contributed by atoms with Crippen molar-refractivity contribution in [1.82, 2.24) is 18.9 Å². The number of hydrogen-bond acceptors (Lipinski definition) is 8. The van der Waals surface area contributed by atoms with Crippen LogP contribution in [0.5, 0.6) is 0 Å². The summed E-state index contributed by atoms with van der Waals surface area (Å²) in [5.74, 6) is -0.00662. The van der Waals surface area contributed by atoms with E-state index >= 15 is 0 Å². The lowest BCUT2D eigenvalue weighted by Gasteiger charge is -2.23. The zero-order chi connectivity index (χ0) is 24.1. The van der Waals surface area contributed by atoms with Crippen LogP contribution in [0.1, 0.15) is 20.3 Å². The van der Waals surface area contributed by atoms with Crippen molar-refractivity contribution in [3.8, 4) is 0 Å². The van der Waals surface area contributed by atoms with Gasteiger partial charge in [0.25, 0.3) is 21.1 Å². The highest BCUT2D eigenvalue weighted by molar-refractivity contribution is 7.92. The Morgan fingerprint density at radius 1 is 1.15 bits per heavy atom. The highest BCUT2D eigenvalue weighted by Crippen LogP contribution is 2.30. The van der Waals surface area contributed by atoms with E-state index in [1.807, 2.05) is 13.8 Å². The van der Waals surface area contributed by atoms with Crippen molar-refractivity contribution in [1.29, 1.82) is 0 Å². The number of nitrogens with zero attached hydrogens (tertiary/aromatic N) is 3. The number of sulfonamides is 2. The van der Waals surface area contributed by atoms with Gasteiger partial charge in [-0.25, -0.2) is 16.8 Å². The second-order valence-corrected chi connectivity index (χ2v) is 11.5. The maximum Gasteiger partial charge on any atom is 0.289 e. The molecule has 1 aliphatic rings. The third-order valence-corrected chi connectivity index (χ3v) is 7.01. The van der Waals surface area contributed by atoms with E-state index in [2.05, 4.69) is 19.9 Å². The van der Waals surface area contributed by atoms with E-state index in [4.69, 9.17) is 0 Å². The van der Waals surface area contributed by atoms with Crippen LogP contribution in [0.15, 0.2) is 44.9 Å².